The summed E-state index contributed by atoms with van der Waals surface area (Å²) < 4.78 is 78.9. The Balaban J connectivity index is 2.37. The lowest BCUT2D eigenvalue weighted by Crippen LogP contribution is -2.14. The van der Waals surface area contributed by atoms with E-state index in [1.807, 2.05) is 0 Å². The number of aliphatic hydroxyl groups excluding tert-OH is 1. The zero-order valence-corrected chi connectivity index (χ0v) is 12.5. The number of alkyl halides is 3. The third-order valence-electron chi connectivity index (χ3n) is 2.89. The lowest BCUT2D eigenvalue weighted by atomic mass is 10.2. The van der Waals surface area contributed by atoms with Crippen LogP contribution in [0.15, 0.2) is 18.2 Å². The van der Waals surface area contributed by atoms with Gasteiger partial charge < -0.3 is 15.7 Å². The Hall–Kier alpha value is -2.56. The van der Waals surface area contributed by atoms with Gasteiger partial charge in [-0.1, -0.05) is 0 Å². The van der Waals surface area contributed by atoms with Crippen molar-refractivity contribution in [2.75, 3.05) is 23.8 Å². The normalized spacial score (nSPS) is 11.5. The van der Waals surface area contributed by atoms with Gasteiger partial charge in [-0.3, -0.25) is 0 Å². The highest BCUT2D eigenvalue weighted by atomic mass is 19.4. The van der Waals surface area contributed by atoms with Gasteiger partial charge in [0, 0.05) is 31.4 Å². The van der Waals surface area contributed by atoms with Crippen molar-refractivity contribution in [1.82, 2.24) is 9.97 Å². The van der Waals surface area contributed by atoms with E-state index in [1.165, 1.54) is 0 Å². The zero-order valence-electron chi connectivity index (χ0n) is 12.5. The first kappa shape index (κ1) is 18.8. The molecule has 1 heterocycles. The Morgan fingerprint density at radius 1 is 1.00 bits per heavy atom. The molecule has 0 spiro atoms. The van der Waals surface area contributed by atoms with Crippen molar-refractivity contribution in [2.45, 2.75) is 12.6 Å². The number of hydrogen-bond donors (Lipinski definition) is 3. The Labute approximate surface area is 137 Å². The summed E-state index contributed by atoms with van der Waals surface area (Å²) in [5, 5.41) is 13.2. The summed E-state index contributed by atoms with van der Waals surface area (Å²) in [7, 11) is 0. The maximum atomic E-state index is 13.6. The molecule has 2 aromatic rings. The minimum Gasteiger partial charge on any atom is -0.396 e. The molecular weight excluding hydrogens is 354 g/mol. The fourth-order valence-electron chi connectivity index (χ4n) is 1.80. The second kappa shape index (κ2) is 7.55. The first-order valence-electron chi connectivity index (χ1n) is 6.93. The van der Waals surface area contributed by atoms with Crippen molar-refractivity contribution in [1.29, 1.82) is 0 Å². The fourth-order valence-corrected chi connectivity index (χ4v) is 1.80. The highest BCUT2D eigenvalue weighted by Gasteiger charge is 2.34. The molecule has 0 saturated carbocycles. The molecule has 0 amide bonds. The van der Waals surface area contributed by atoms with Gasteiger partial charge in [-0.25, -0.2) is 18.2 Å². The van der Waals surface area contributed by atoms with Gasteiger partial charge in [0.1, 0.15) is 17.3 Å². The van der Waals surface area contributed by atoms with E-state index in [1.54, 1.807) is 0 Å². The molecule has 136 valence electrons. The van der Waals surface area contributed by atoms with Crippen LogP contribution < -0.4 is 10.6 Å². The molecular formula is C14H12F6N4O. The summed E-state index contributed by atoms with van der Waals surface area (Å²) in [6, 6.07) is 1.20. The SMILES string of the molecule is OCCCNc1nc(Nc2c(F)cc(F)cc2F)cc(C(F)(F)F)n1. The first-order chi connectivity index (χ1) is 11.7. The third kappa shape index (κ3) is 4.95. The molecule has 0 aliphatic rings. The van der Waals surface area contributed by atoms with Gasteiger partial charge in [-0.15, -0.1) is 0 Å². The molecule has 1 aromatic carbocycles. The molecule has 0 saturated heterocycles. The number of aliphatic hydroxyl groups is 1. The lowest BCUT2D eigenvalue weighted by Gasteiger charge is -2.13. The number of hydrogen-bond acceptors (Lipinski definition) is 5. The molecule has 1 aromatic heterocycles. The van der Waals surface area contributed by atoms with Crippen molar-refractivity contribution in [2.24, 2.45) is 0 Å². The van der Waals surface area contributed by atoms with Gasteiger partial charge >= 0.3 is 6.18 Å². The molecule has 0 bridgehead atoms. The van der Waals surface area contributed by atoms with Gasteiger partial charge in [0.15, 0.2) is 17.3 Å². The van der Waals surface area contributed by atoms with Crippen LogP contribution in [-0.4, -0.2) is 28.2 Å². The number of halogens is 6. The van der Waals surface area contributed by atoms with Gasteiger partial charge in [0.25, 0.3) is 0 Å². The van der Waals surface area contributed by atoms with Gasteiger partial charge in [0.05, 0.1) is 0 Å². The smallest absolute Gasteiger partial charge is 0.396 e. The Kier molecular flexibility index (Phi) is 5.67. The molecule has 11 heteroatoms. The molecule has 0 unspecified atom stereocenters. The molecule has 0 aliphatic carbocycles. The van der Waals surface area contributed by atoms with Crippen molar-refractivity contribution in [3.63, 3.8) is 0 Å². The number of nitrogens with one attached hydrogen (secondary N) is 2. The average Bonchev–Trinajstić information content (AvgIpc) is 2.50. The maximum Gasteiger partial charge on any atom is 0.433 e. The van der Waals surface area contributed by atoms with Crippen molar-refractivity contribution in [3.05, 3.63) is 41.3 Å². The molecule has 0 atom stereocenters. The molecule has 5 nitrogen and oxygen atoms in total. The molecule has 0 radical (unpaired) electrons. The molecule has 25 heavy (non-hydrogen) atoms. The van der Waals surface area contributed by atoms with Crippen LogP contribution in [0.1, 0.15) is 12.1 Å². The lowest BCUT2D eigenvalue weighted by molar-refractivity contribution is -0.141. The van der Waals surface area contributed by atoms with E-state index in [0.717, 1.165) is 0 Å². The van der Waals surface area contributed by atoms with Crippen molar-refractivity contribution >= 4 is 17.5 Å². The van der Waals surface area contributed by atoms with Crippen LogP contribution >= 0.6 is 0 Å². The highest BCUT2D eigenvalue weighted by Crippen LogP contribution is 2.31. The van der Waals surface area contributed by atoms with Gasteiger partial charge in [0.2, 0.25) is 5.95 Å². The first-order valence-corrected chi connectivity index (χ1v) is 6.93. The topological polar surface area (TPSA) is 70.1 Å². The van der Waals surface area contributed by atoms with Crippen LogP contribution in [0.4, 0.5) is 43.8 Å². The molecule has 3 N–H and O–H groups in total. The average molecular weight is 366 g/mol. The quantitative estimate of drug-likeness (QED) is 0.540. The number of rotatable bonds is 6. The fraction of sp³-hybridized carbons (Fsp3) is 0.286. The predicted molar refractivity (Wildman–Crippen MR) is 76.8 cm³/mol. The summed E-state index contributed by atoms with van der Waals surface area (Å²) in [4.78, 5) is 6.94. The van der Waals surface area contributed by atoms with Crippen LogP contribution in [0.2, 0.25) is 0 Å². The minimum atomic E-state index is -4.83. The van der Waals surface area contributed by atoms with Crippen LogP contribution in [0, 0.1) is 17.5 Å². The predicted octanol–water partition coefficient (Wildman–Crippen LogP) is 3.45. The number of aromatic nitrogens is 2. The third-order valence-corrected chi connectivity index (χ3v) is 2.89. The number of benzene rings is 1. The highest BCUT2D eigenvalue weighted by molar-refractivity contribution is 5.59. The van der Waals surface area contributed by atoms with Crippen LogP contribution in [0.5, 0.6) is 0 Å². The monoisotopic (exact) mass is 366 g/mol. The standard InChI is InChI=1S/C14H12F6N4O/c15-7-4-8(16)12(9(17)5-7)23-11-6-10(14(18,19)20)22-13(24-11)21-2-1-3-25/h4-6,25H,1-3H2,(H2,21,22,23,24). The van der Waals surface area contributed by atoms with E-state index in [0.29, 0.717) is 18.2 Å². The largest absolute Gasteiger partial charge is 0.433 e. The maximum absolute atomic E-state index is 13.6. The minimum absolute atomic E-state index is 0.0799. The van der Waals surface area contributed by atoms with Crippen molar-refractivity contribution < 1.29 is 31.4 Å². The van der Waals surface area contributed by atoms with Crippen LogP contribution in [-0.2, 0) is 6.18 Å². The number of anilines is 3. The van der Waals surface area contributed by atoms with Crippen LogP contribution in [0.25, 0.3) is 0 Å². The summed E-state index contributed by atoms with van der Waals surface area (Å²) >= 11 is 0. The summed E-state index contributed by atoms with van der Waals surface area (Å²) in [5.74, 6) is -4.84. The molecule has 0 fully saturated rings. The summed E-state index contributed by atoms with van der Waals surface area (Å²) in [6.07, 6.45) is -4.60. The zero-order chi connectivity index (χ0) is 18.6. The van der Waals surface area contributed by atoms with Crippen LogP contribution in [0.3, 0.4) is 0 Å². The summed E-state index contributed by atoms with van der Waals surface area (Å²) in [6.45, 7) is -0.125. The Morgan fingerprint density at radius 3 is 2.20 bits per heavy atom. The van der Waals surface area contributed by atoms with E-state index in [4.69, 9.17) is 5.11 Å². The van der Waals surface area contributed by atoms with E-state index < -0.39 is 46.8 Å². The van der Waals surface area contributed by atoms with E-state index in [2.05, 4.69) is 20.6 Å². The molecule has 0 aliphatic heterocycles. The Bertz CT molecular complexity index is 730. The summed E-state index contributed by atoms with van der Waals surface area (Å²) in [5.41, 5.74) is -2.20. The van der Waals surface area contributed by atoms with Crippen molar-refractivity contribution in [3.8, 4) is 0 Å². The van der Waals surface area contributed by atoms with Gasteiger partial charge in [-0.2, -0.15) is 18.2 Å². The second-order valence-electron chi connectivity index (χ2n) is 4.83. The van der Waals surface area contributed by atoms with E-state index in [-0.39, 0.29) is 19.6 Å². The van der Waals surface area contributed by atoms with E-state index >= 15 is 0 Å². The van der Waals surface area contributed by atoms with E-state index in [9.17, 15) is 26.3 Å². The number of nitrogens with zero attached hydrogens (tertiary/aromatic N) is 2. The second-order valence-corrected chi connectivity index (χ2v) is 4.83. The van der Waals surface area contributed by atoms with Gasteiger partial charge in [-0.05, 0) is 6.42 Å². The Morgan fingerprint density at radius 2 is 1.64 bits per heavy atom. The molecule has 2 rings (SSSR count).